The van der Waals surface area contributed by atoms with E-state index in [0.29, 0.717) is 0 Å². The van der Waals surface area contributed by atoms with Gasteiger partial charge >= 0.3 is 0 Å². The molecule has 2 aliphatic carbocycles. The average molecular weight is 236 g/mol. The summed E-state index contributed by atoms with van der Waals surface area (Å²) in [5, 5.41) is 18.7. The molecule has 2 aliphatic rings. The maximum Gasteiger partial charge on any atom is 0.103 e. The Hall–Kier alpha value is -0.600. The summed E-state index contributed by atoms with van der Waals surface area (Å²) in [7, 11) is 0. The summed E-state index contributed by atoms with van der Waals surface area (Å²) in [4.78, 5) is 0. The Labute approximate surface area is 104 Å². The summed E-state index contributed by atoms with van der Waals surface area (Å²) >= 11 is 0. The molecule has 96 valence electrons. The van der Waals surface area contributed by atoms with Gasteiger partial charge < -0.3 is 10.2 Å². The lowest BCUT2D eigenvalue weighted by Gasteiger charge is -2.35. The molecule has 0 aromatic carbocycles. The van der Waals surface area contributed by atoms with Gasteiger partial charge in [0.15, 0.2) is 0 Å². The zero-order valence-electron chi connectivity index (χ0n) is 10.9. The van der Waals surface area contributed by atoms with Crippen LogP contribution in [0.25, 0.3) is 0 Å². The first-order valence-corrected chi connectivity index (χ1v) is 6.59. The Kier molecular flexibility index (Phi) is 3.21. The van der Waals surface area contributed by atoms with E-state index < -0.39 is 5.60 Å². The zero-order valence-corrected chi connectivity index (χ0v) is 10.9. The molecular weight excluding hydrogens is 212 g/mol. The number of allylic oxidation sites excluding steroid dienone is 2. The summed E-state index contributed by atoms with van der Waals surface area (Å²) in [6.45, 7) is 7.98. The van der Waals surface area contributed by atoms with Crippen LogP contribution in [0.1, 0.15) is 39.5 Å². The van der Waals surface area contributed by atoms with E-state index >= 15 is 0 Å². The molecule has 2 bridgehead atoms. The van der Waals surface area contributed by atoms with Gasteiger partial charge in [-0.1, -0.05) is 31.2 Å². The van der Waals surface area contributed by atoms with Gasteiger partial charge in [0.1, 0.15) is 5.60 Å². The van der Waals surface area contributed by atoms with Crippen LogP contribution < -0.4 is 0 Å². The van der Waals surface area contributed by atoms with Gasteiger partial charge in [-0.15, -0.1) is 0 Å². The molecule has 17 heavy (non-hydrogen) atoms. The van der Waals surface area contributed by atoms with Crippen LogP contribution in [0.15, 0.2) is 24.3 Å². The van der Waals surface area contributed by atoms with Crippen molar-refractivity contribution in [3.8, 4) is 0 Å². The monoisotopic (exact) mass is 236 g/mol. The standard InChI is InChI=1S/C15H24O2/c1-11-12-5-6-13(9-12)15(11,3)8-4-7-14(2,17)10-16/h4,7,12-13,16-17H,1,5-6,8-10H2,2-3H3/b7-4+/t12-,13+,14+,15+/m0/s1. The first-order chi connectivity index (χ1) is 7.89. The highest BCUT2D eigenvalue weighted by Crippen LogP contribution is 2.60. The quantitative estimate of drug-likeness (QED) is 0.737. The zero-order chi connectivity index (χ0) is 12.7. The minimum absolute atomic E-state index is 0.213. The molecular formula is C15H24O2. The summed E-state index contributed by atoms with van der Waals surface area (Å²) in [6, 6.07) is 0. The third-order valence-corrected chi connectivity index (χ3v) is 4.90. The van der Waals surface area contributed by atoms with Crippen LogP contribution in [-0.2, 0) is 0 Å². The minimum atomic E-state index is -1.09. The molecule has 0 saturated heterocycles. The average Bonchev–Trinajstić information content (AvgIpc) is 2.83. The molecule has 0 aromatic heterocycles. The smallest absolute Gasteiger partial charge is 0.103 e. The van der Waals surface area contributed by atoms with Crippen LogP contribution >= 0.6 is 0 Å². The molecule has 0 aliphatic heterocycles. The third-order valence-electron chi connectivity index (χ3n) is 4.90. The van der Waals surface area contributed by atoms with Crippen LogP contribution in [0.4, 0.5) is 0 Å². The molecule has 2 fully saturated rings. The van der Waals surface area contributed by atoms with E-state index in [1.54, 1.807) is 13.0 Å². The molecule has 0 unspecified atom stereocenters. The molecule has 4 atom stereocenters. The van der Waals surface area contributed by atoms with E-state index in [1.165, 1.54) is 24.8 Å². The Morgan fingerprint density at radius 2 is 2.24 bits per heavy atom. The van der Waals surface area contributed by atoms with Crippen LogP contribution in [-0.4, -0.2) is 22.4 Å². The number of rotatable bonds is 4. The number of hydrogen-bond donors (Lipinski definition) is 2. The fourth-order valence-electron chi connectivity index (χ4n) is 3.51. The second-order valence-electron chi connectivity index (χ2n) is 6.27. The van der Waals surface area contributed by atoms with Gasteiger partial charge in [-0.2, -0.15) is 0 Å². The predicted octanol–water partition coefficient (Wildman–Crippen LogP) is 2.67. The second kappa shape index (κ2) is 4.25. The first-order valence-electron chi connectivity index (χ1n) is 6.59. The minimum Gasteiger partial charge on any atom is -0.393 e. The van der Waals surface area contributed by atoms with Crippen molar-refractivity contribution in [1.82, 2.24) is 0 Å². The Bertz CT molecular complexity index is 343. The molecule has 2 heteroatoms. The van der Waals surface area contributed by atoms with Gasteiger partial charge in [0.05, 0.1) is 6.61 Å². The van der Waals surface area contributed by atoms with Gasteiger partial charge in [0, 0.05) is 0 Å². The Morgan fingerprint density at radius 1 is 1.53 bits per heavy atom. The fraction of sp³-hybridized carbons (Fsp3) is 0.733. The second-order valence-corrected chi connectivity index (χ2v) is 6.27. The fourth-order valence-corrected chi connectivity index (χ4v) is 3.51. The van der Waals surface area contributed by atoms with E-state index in [-0.39, 0.29) is 12.0 Å². The van der Waals surface area contributed by atoms with Crippen LogP contribution in [0.2, 0.25) is 0 Å². The van der Waals surface area contributed by atoms with Gasteiger partial charge in [-0.25, -0.2) is 0 Å². The molecule has 0 aromatic rings. The van der Waals surface area contributed by atoms with E-state index in [9.17, 15) is 5.11 Å². The summed E-state index contributed by atoms with van der Waals surface area (Å²) in [5.74, 6) is 1.50. The number of aliphatic hydroxyl groups is 2. The summed E-state index contributed by atoms with van der Waals surface area (Å²) in [5.41, 5.74) is 0.530. The normalized spacial score (nSPS) is 40.1. The molecule has 0 heterocycles. The topological polar surface area (TPSA) is 40.5 Å². The maximum atomic E-state index is 9.72. The van der Waals surface area contributed by atoms with Crippen molar-refractivity contribution in [3.63, 3.8) is 0 Å². The van der Waals surface area contributed by atoms with Crippen LogP contribution in [0.5, 0.6) is 0 Å². The highest BCUT2D eigenvalue weighted by Gasteiger charge is 2.49. The number of hydrogen-bond acceptors (Lipinski definition) is 2. The first kappa shape index (κ1) is 12.8. The van der Waals surface area contributed by atoms with Crippen molar-refractivity contribution in [1.29, 1.82) is 0 Å². The van der Waals surface area contributed by atoms with Crippen molar-refractivity contribution in [2.75, 3.05) is 6.61 Å². The third kappa shape index (κ3) is 2.21. The lowest BCUT2D eigenvalue weighted by molar-refractivity contribution is 0.0431. The molecule has 2 N–H and O–H groups in total. The Morgan fingerprint density at radius 3 is 2.76 bits per heavy atom. The molecule has 2 nitrogen and oxygen atoms in total. The van der Waals surface area contributed by atoms with E-state index in [4.69, 9.17) is 5.11 Å². The SMILES string of the molecule is C=C1[C@H]2CC[C@H](C2)[C@]1(C)C/C=C/[C@@](C)(O)CO. The van der Waals surface area contributed by atoms with Crippen LogP contribution in [0.3, 0.4) is 0 Å². The lowest BCUT2D eigenvalue weighted by Crippen LogP contribution is -2.27. The van der Waals surface area contributed by atoms with Gasteiger partial charge in [0.2, 0.25) is 0 Å². The molecule has 0 amide bonds. The highest BCUT2D eigenvalue weighted by molar-refractivity contribution is 5.25. The largest absolute Gasteiger partial charge is 0.393 e. The lowest BCUT2D eigenvalue weighted by atomic mass is 9.69. The van der Waals surface area contributed by atoms with Gasteiger partial charge in [-0.05, 0) is 49.9 Å². The van der Waals surface area contributed by atoms with Gasteiger partial charge in [-0.3, -0.25) is 0 Å². The molecule has 0 radical (unpaired) electrons. The number of fused-ring (bicyclic) bond motifs is 2. The Balaban J connectivity index is 2.02. The number of aliphatic hydroxyl groups excluding tert-OH is 1. The van der Waals surface area contributed by atoms with Crippen molar-refractivity contribution in [3.05, 3.63) is 24.3 Å². The molecule has 2 saturated carbocycles. The molecule has 2 rings (SSSR count). The van der Waals surface area contributed by atoms with Crippen molar-refractivity contribution in [2.45, 2.75) is 45.1 Å². The maximum absolute atomic E-state index is 9.72. The molecule has 0 spiro atoms. The predicted molar refractivity (Wildman–Crippen MR) is 69.5 cm³/mol. The summed E-state index contributed by atoms with van der Waals surface area (Å²) < 4.78 is 0. The van der Waals surface area contributed by atoms with Crippen molar-refractivity contribution < 1.29 is 10.2 Å². The van der Waals surface area contributed by atoms with Crippen molar-refractivity contribution >= 4 is 0 Å². The van der Waals surface area contributed by atoms with Crippen LogP contribution in [0, 0.1) is 17.3 Å². The van der Waals surface area contributed by atoms with E-state index in [1.807, 2.05) is 6.08 Å². The highest BCUT2D eigenvalue weighted by atomic mass is 16.3. The van der Waals surface area contributed by atoms with Crippen molar-refractivity contribution in [2.24, 2.45) is 17.3 Å². The summed E-state index contributed by atoms with van der Waals surface area (Å²) in [6.07, 6.45) is 8.61. The van der Waals surface area contributed by atoms with Gasteiger partial charge in [0.25, 0.3) is 0 Å². The van der Waals surface area contributed by atoms with E-state index in [0.717, 1.165) is 18.3 Å². The van der Waals surface area contributed by atoms with E-state index in [2.05, 4.69) is 13.5 Å².